The van der Waals surface area contributed by atoms with Gasteiger partial charge in [-0.05, 0) is 24.3 Å². The lowest BCUT2D eigenvalue weighted by Crippen LogP contribution is -2.22. The Balaban J connectivity index is 2.05. The molecule has 24 heavy (non-hydrogen) atoms. The van der Waals surface area contributed by atoms with E-state index in [-0.39, 0.29) is 18.4 Å². The van der Waals surface area contributed by atoms with E-state index in [4.69, 9.17) is 16.3 Å². The molecule has 126 valence electrons. The van der Waals surface area contributed by atoms with Crippen molar-refractivity contribution in [2.75, 3.05) is 29.6 Å². The molecular weight excluding hydrogens is 330 g/mol. The zero-order chi connectivity index (χ0) is 17.5. The van der Waals surface area contributed by atoms with Crippen LogP contribution >= 0.6 is 11.6 Å². The molecule has 2 amide bonds. The van der Waals surface area contributed by atoms with Gasteiger partial charge >= 0.3 is 0 Å². The van der Waals surface area contributed by atoms with Gasteiger partial charge < -0.3 is 20.7 Å². The van der Waals surface area contributed by atoms with Gasteiger partial charge in [-0.15, -0.1) is 0 Å². The fourth-order valence-electron chi connectivity index (χ4n) is 2.03. The summed E-state index contributed by atoms with van der Waals surface area (Å²) in [6.45, 7) is 1.42. The molecule has 0 fully saturated rings. The molecule has 0 radical (unpaired) electrons. The molecule has 0 heterocycles. The molecule has 2 aromatic carbocycles. The van der Waals surface area contributed by atoms with Crippen molar-refractivity contribution < 1.29 is 14.3 Å². The molecule has 0 unspecified atom stereocenters. The molecule has 0 spiro atoms. The zero-order valence-corrected chi connectivity index (χ0v) is 14.1. The first-order valence-electron chi connectivity index (χ1n) is 7.23. The van der Waals surface area contributed by atoms with Crippen molar-refractivity contribution in [3.05, 3.63) is 47.5 Å². The number of carbonyl (C=O) groups excluding carboxylic acids is 2. The van der Waals surface area contributed by atoms with Crippen LogP contribution in [0.4, 0.5) is 17.1 Å². The van der Waals surface area contributed by atoms with Crippen molar-refractivity contribution in [1.82, 2.24) is 0 Å². The quantitative estimate of drug-likeness (QED) is 0.748. The second-order valence-corrected chi connectivity index (χ2v) is 5.38. The molecule has 0 atom stereocenters. The molecule has 7 heteroatoms. The molecule has 0 saturated carbocycles. The Morgan fingerprint density at radius 1 is 1.04 bits per heavy atom. The van der Waals surface area contributed by atoms with Crippen molar-refractivity contribution in [1.29, 1.82) is 0 Å². The number of anilines is 3. The molecular formula is C17H18ClN3O3. The SMILES string of the molecule is COc1ccc(NC(C)=O)c(NCC(=O)Nc2ccccc2Cl)c1. The first-order chi connectivity index (χ1) is 11.5. The van der Waals surface area contributed by atoms with Crippen LogP contribution in [0.5, 0.6) is 5.75 Å². The summed E-state index contributed by atoms with van der Waals surface area (Å²) in [5, 5.41) is 8.86. The molecule has 0 saturated heterocycles. The summed E-state index contributed by atoms with van der Waals surface area (Å²) in [4.78, 5) is 23.3. The van der Waals surface area contributed by atoms with Crippen LogP contribution < -0.4 is 20.7 Å². The first kappa shape index (κ1) is 17.6. The number of nitrogens with one attached hydrogen (secondary N) is 3. The van der Waals surface area contributed by atoms with Gasteiger partial charge in [-0.3, -0.25) is 9.59 Å². The van der Waals surface area contributed by atoms with Crippen LogP contribution in [-0.4, -0.2) is 25.5 Å². The number of amides is 2. The number of para-hydroxylation sites is 1. The van der Waals surface area contributed by atoms with Crippen LogP contribution in [0.25, 0.3) is 0 Å². The van der Waals surface area contributed by atoms with Gasteiger partial charge in [0, 0.05) is 13.0 Å². The minimum absolute atomic E-state index is 0.00494. The number of halogens is 1. The first-order valence-corrected chi connectivity index (χ1v) is 7.61. The molecule has 0 aliphatic rings. The van der Waals surface area contributed by atoms with E-state index in [0.29, 0.717) is 27.8 Å². The second-order valence-electron chi connectivity index (χ2n) is 4.97. The summed E-state index contributed by atoms with van der Waals surface area (Å²) < 4.78 is 5.16. The Labute approximate surface area is 145 Å². The van der Waals surface area contributed by atoms with Gasteiger partial charge in [0.25, 0.3) is 0 Å². The Kier molecular flexibility index (Phi) is 6.03. The van der Waals surface area contributed by atoms with E-state index in [9.17, 15) is 9.59 Å². The molecule has 0 bridgehead atoms. The van der Waals surface area contributed by atoms with Crippen LogP contribution in [0.1, 0.15) is 6.92 Å². The maximum atomic E-state index is 12.1. The van der Waals surface area contributed by atoms with Crippen LogP contribution in [0.15, 0.2) is 42.5 Å². The summed E-state index contributed by atoms with van der Waals surface area (Å²) in [5.41, 5.74) is 1.69. The summed E-state index contributed by atoms with van der Waals surface area (Å²) in [5.74, 6) is 0.140. The smallest absolute Gasteiger partial charge is 0.243 e. The zero-order valence-electron chi connectivity index (χ0n) is 13.4. The monoisotopic (exact) mass is 347 g/mol. The average Bonchev–Trinajstić information content (AvgIpc) is 2.55. The summed E-state index contributed by atoms with van der Waals surface area (Å²) in [6, 6.07) is 12.1. The minimum Gasteiger partial charge on any atom is -0.497 e. The number of methoxy groups -OCH3 is 1. The predicted octanol–water partition coefficient (Wildman–Crippen LogP) is 3.36. The maximum absolute atomic E-state index is 12.1. The number of rotatable bonds is 6. The van der Waals surface area contributed by atoms with Crippen molar-refractivity contribution in [3.63, 3.8) is 0 Å². The lowest BCUT2D eigenvalue weighted by atomic mass is 10.2. The van der Waals surface area contributed by atoms with E-state index < -0.39 is 0 Å². The second kappa shape index (κ2) is 8.21. The standard InChI is InChI=1S/C17H18ClN3O3/c1-11(22)20-15-8-7-12(24-2)9-16(15)19-10-17(23)21-14-6-4-3-5-13(14)18/h3-9,19H,10H2,1-2H3,(H,20,22)(H,21,23). The summed E-state index contributed by atoms with van der Waals surface area (Å²) in [6.07, 6.45) is 0. The van der Waals surface area contributed by atoms with Crippen LogP contribution in [-0.2, 0) is 9.59 Å². The van der Waals surface area contributed by atoms with E-state index in [1.165, 1.54) is 6.92 Å². The molecule has 0 aliphatic carbocycles. The summed E-state index contributed by atoms with van der Waals surface area (Å²) >= 11 is 6.01. The Morgan fingerprint density at radius 2 is 1.79 bits per heavy atom. The highest BCUT2D eigenvalue weighted by atomic mass is 35.5. The fourth-order valence-corrected chi connectivity index (χ4v) is 2.21. The fraction of sp³-hybridized carbons (Fsp3) is 0.176. The lowest BCUT2D eigenvalue weighted by molar-refractivity contribution is -0.115. The van der Waals surface area contributed by atoms with Gasteiger partial charge in [0.1, 0.15) is 5.75 Å². The van der Waals surface area contributed by atoms with Crippen LogP contribution in [0.2, 0.25) is 5.02 Å². The van der Waals surface area contributed by atoms with Crippen molar-refractivity contribution in [2.24, 2.45) is 0 Å². The average molecular weight is 348 g/mol. The summed E-state index contributed by atoms with van der Waals surface area (Å²) in [7, 11) is 1.54. The number of carbonyl (C=O) groups is 2. The van der Waals surface area contributed by atoms with E-state index in [0.717, 1.165) is 0 Å². The molecule has 2 rings (SSSR count). The van der Waals surface area contributed by atoms with Crippen molar-refractivity contribution >= 4 is 40.5 Å². The lowest BCUT2D eigenvalue weighted by Gasteiger charge is -2.14. The Bertz CT molecular complexity index is 750. The maximum Gasteiger partial charge on any atom is 0.243 e. The van der Waals surface area contributed by atoms with Crippen molar-refractivity contribution in [2.45, 2.75) is 6.92 Å². The van der Waals surface area contributed by atoms with Crippen LogP contribution in [0.3, 0.4) is 0 Å². The van der Waals surface area contributed by atoms with Gasteiger partial charge in [-0.1, -0.05) is 23.7 Å². The van der Waals surface area contributed by atoms with Crippen LogP contribution in [0, 0.1) is 0 Å². The third kappa shape index (κ3) is 4.89. The molecule has 0 aromatic heterocycles. The number of hydrogen-bond donors (Lipinski definition) is 3. The topological polar surface area (TPSA) is 79.5 Å². The van der Waals surface area contributed by atoms with E-state index in [2.05, 4.69) is 16.0 Å². The highest BCUT2D eigenvalue weighted by Gasteiger charge is 2.09. The van der Waals surface area contributed by atoms with Gasteiger partial charge in [-0.2, -0.15) is 0 Å². The Morgan fingerprint density at radius 3 is 2.46 bits per heavy atom. The minimum atomic E-state index is -0.264. The molecule has 3 N–H and O–H groups in total. The molecule has 0 aliphatic heterocycles. The predicted molar refractivity (Wildman–Crippen MR) is 95.9 cm³/mol. The van der Waals surface area contributed by atoms with Gasteiger partial charge in [0.15, 0.2) is 0 Å². The highest BCUT2D eigenvalue weighted by molar-refractivity contribution is 6.33. The van der Waals surface area contributed by atoms with Crippen molar-refractivity contribution in [3.8, 4) is 5.75 Å². The molecule has 2 aromatic rings. The van der Waals surface area contributed by atoms with E-state index in [1.807, 2.05) is 0 Å². The Hall–Kier alpha value is -2.73. The van der Waals surface area contributed by atoms with Gasteiger partial charge in [0.2, 0.25) is 11.8 Å². The number of benzene rings is 2. The van der Waals surface area contributed by atoms with Gasteiger partial charge in [0.05, 0.1) is 35.7 Å². The third-order valence-electron chi connectivity index (χ3n) is 3.12. The van der Waals surface area contributed by atoms with Gasteiger partial charge in [-0.25, -0.2) is 0 Å². The largest absolute Gasteiger partial charge is 0.497 e. The van der Waals surface area contributed by atoms with E-state index >= 15 is 0 Å². The highest BCUT2D eigenvalue weighted by Crippen LogP contribution is 2.27. The third-order valence-corrected chi connectivity index (χ3v) is 3.45. The molecule has 6 nitrogen and oxygen atoms in total. The normalized spacial score (nSPS) is 9.96. The van der Waals surface area contributed by atoms with E-state index in [1.54, 1.807) is 49.6 Å². The number of hydrogen-bond acceptors (Lipinski definition) is 4. The number of ether oxygens (including phenoxy) is 1.